The fourth-order valence-corrected chi connectivity index (χ4v) is 10.4. The maximum Gasteiger partial charge on any atom is 0.121 e. The van der Waals surface area contributed by atoms with Crippen LogP contribution in [0.15, 0.2) is 22.8 Å². The molecule has 0 aromatic rings. The maximum atomic E-state index is 10.3. The third-order valence-electron chi connectivity index (χ3n) is 11.7. The van der Waals surface area contributed by atoms with Gasteiger partial charge in [0.15, 0.2) is 0 Å². The van der Waals surface area contributed by atoms with Crippen molar-refractivity contribution in [2.75, 3.05) is 20.6 Å². The van der Waals surface area contributed by atoms with Gasteiger partial charge in [-0.1, -0.05) is 38.0 Å². The van der Waals surface area contributed by atoms with Crippen molar-refractivity contribution in [2.24, 2.45) is 35.0 Å². The molecule has 0 bridgehead atoms. The number of hydrogen-bond acceptors (Lipinski definition) is 2. The highest BCUT2D eigenvalue weighted by atomic mass is 127. The summed E-state index contributed by atoms with van der Waals surface area (Å²) in [4.78, 5) is 0. The average Bonchev–Trinajstić information content (AvgIpc) is 3.22. The molecule has 1 spiro atoms. The molecule has 6 rings (SSSR count). The number of piperidine rings is 1. The van der Waals surface area contributed by atoms with Gasteiger partial charge in [0, 0.05) is 11.8 Å². The van der Waals surface area contributed by atoms with E-state index in [1.165, 1.54) is 45.1 Å². The molecule has 3 nitrogen and oxygen atoms in total. The predicted octanol–water partition coefficient (Wildman–Crippen LogP) is 2.49. The summed E-state index contributed by atoms with van der Waals surface area (Å²) in [5.41, 5.74) is 5.29. The summed E-state index contributed by atoms with van der Waals surface area (Å²) in [6.45, 7) is 11.2. The van der Waals surface area contributed by atoms with E-state index in [1.54, 1.807) is 16.7 Å². The van der Waals surface area contributed by atoms with E-state index in [1.807, 2.05) is 0 Å². The van der Waals surface area contributed by atoms with Gasteiger partial charge in [0.1, 0.15) is 12.1 Å². The van der Waals surface area contributed by atoms with E-state index in [-0.39, 0.29) is 35.7 Å². The lowest BCUT2D eigenvalue weighted by Crippen LogP contribution is -3.00. The van der Waals surface area contributed by atoms with Gasteiger partial charge in [-0.2, -0.15) is 0 Å². The minimum Gasteiger partial charge on any atom is -1.00 e. The van der Waals surface area contributed by atoms with E-state index >= 15 is 0 Å². The summed E-state index contributed by atoms with van der Waals surface area (Å²) >= 11 is 0. The van der Waals surface area contributed by atoms with Crippen LogP contribution in [0, 0.1) is 35.0 Å². The lowest BCUT2D eigenvalue weighted by Gasteiger charge is -2.49. The molecule has 0 aromatic carbocycles. The number of fused-ring (bicyclic) bond motifs is 6. The van der Waals surface area contributed by atoms with Crippen molar-refractivity contribution in [1.29, 1.82) is 0 Å². The molecule has 2 saturated heterocycles. The van der Waals surface area contributed by atoms with E-state index in [0.29, 0.717) is 23.5 Å². The van der Waals surface area contributed by atoms with Crippen molar-refractivity contribution in [3.8, 4) is 0 Å². The second-order valence-electron chi connectivity index (χ2n) is 13.7. The zero-order valence-corrected chi connectivity index (χ0v) is 23.9. The molecule has 33 heavy (non-hydrogen) atoms. The molecular weight excluding hydrogens is 521 g/mol. The standard InChI is InChI=1S/C29H46NO2.HI/c1-17-13-26-27(30(5,6)16-17)19(3)29(32-26)12-10-22-23-8-7-20-14-21(31)9-11-28(20,4)25(23)15-24(22)18(29)2;/h7,17,19,21-23,25-27,31H,8-16H2,1-6H3;1H/q+1;/p-1/t17-,19+,21-,22-,23-,25-,26+,27-,28-,29-;/m0./s1. The van der Waals surface area contributed by atoms with Gasteiger partial charge in [-0.25, -0.2) is 0 Å². The fraction of sp³-hybridized carbons (Fsp3) is 0.862. The molecule has 4 fully saturated rings. The van der Waals surface area contributed by atoms with Crippen LogP contribution in [-0.4, -0.2) is 54.1 Å². The molecule has 0 radical (unpaired) electrons. The predicted molar refractivity (Wildman–Crippen MR) is 129 cm³/mol. The molecule has 1 N–H and O–H groups in total. The SMILES string of the molecule is CC1=C2C[C@H]3[C@@H](CC=C4C[C@@H](O)CC[C@@]43C)[C@@H]2CC[C@]12O[C@@H]1C[C@H](C)C[N+](C)(C)[C@H]1[C@H]2C.[I-]. The van der Waals surface area contributed by atoms with Gasteiger partial charge in [-0.05, 0) is 87.0 Å². The number of likely N-dealkylation sites (N-methyl/N-ethyl adjacent to an activating group) is 1. The number of nitrogens with zero attached hydrogens (tertiary/aromatic N) is 1. The highest BCUT2D eigenvalue weighted by Gasteiger charge is 2.64. The van der Waals surface area contributed by atoms with Crippen LogP contribution in [0.4, 0.5) is 0 Å². The van der Waals surface area contributed by atoms with Crippen molar-refractivity contribution >= 4 is 0 Å². The fourth-order valence-electron chi connectivity index (χ4n) is 10.4. The first-order valence-electron chi connectivity index (χ1n) is 13.6. The Balaban J connectivity index is 0.00000228. The van der Waals surface area contributed by atoms with Crippen LogP contribution in [0.2, 0.25) is 0 Å². The molecule has 4 aliphatic carbocycles. The van der Waals surface area contributed by atoms with Crippen LogP contribution in [0.3, 0.4) is 0 Å². The molecular formula is C29H46INO2. The summed E-state index contributed by atoms with van der Waals surface area (Å²) in [6, 6.07) is 0.632. The first-order chi connectivity index (χ1) is 15.1. The number of aliphatic hydroxyl groups is 1. The van der Waals surface area contributed by atoms with E-state index < -0.39 is 0 Å². The Morgan fingerprint density at radius 2 is 1.88 bits per heavy atom. The Bertz CT molecular complexity index is 879. The first-order valence-corrected chi connectivity index (χ1v) is 13.6. The first kappa shape index (κ1) is 24.8. The van der Waals surface area contributed by atoms with Crippen molar-refractivity contribution < 1.29 is 38.3 Å². The topological polar surface area (TPSA) is 29.5 Å². The minimum absolute atomic E-state index is 0. The monoisotopic (exact) mass is 567 g/mol. The van der Waals surface area contributed by atoms with Crippen molar-refractivity contribution in [3.05, 3.63) is 22.8 Å². The molecule has 0 amide bonds. The zero-order chi connectivity index (χ0) is 22.6. The van der Waals surface area contributed by atoms with Gasteiger partial charge in [0.25, 0.3) is 0 Å². The van der Waals surface area contributed by atoms with Crippen LogP contribution in [0.5, 0.6) is 0 Å². The number of likely N-dealkylation sites (tertiary alicyclic amines) is 1. The van der Waals surface area contributed by atoms with E-state index in [2.05, 4.69) is 47.9 Å². The summed E-state index contributed by atoms with van der Waals surface area (Å²) in [7, 11) is 4.91. The minimum atomic E-state index is -0.112. The second-order valence-corrected chi connectivity index (χ2v) is 13.7. The lowest BCUT2D eigenvalue weighted by molar-refractivity contribution is -0.927. The molecule has 2 saturated carbocycles. The van der Waals surface area contributed by atoms with Crippen LogP contribution < -0.4 is 24.0 Å². The number of rotatable bonds is 0. The molecule has 2 heterocycles. The van der Waals surface area contributed by atoms with Crippen LogP contribution >= 0.6 is 0 Å². The summed E-state index contributed by atoms with van der Waals surface area (Å²) in [5, 5.41) is 10.3. The maximum absolute atomic E-state index is 10.3. The largest absolute Gasteiger partial charge is 1.00 e. The van der Waals surface area contributed by atoms with Gasteiger partial charge < -0.3 is 38.3 Å². The number of allylic oxidation sites excluding steroid dienone is 2. The molecule has 4 heteroatoms. The van der Waals surface area contributed by atoms with Crippen LogP contribution in [-0.2, 0) is 4.74 Å². The van der Waals surface area contributed by atoms with Crippen LogP contribution in [0.1, 0.15) is 79.1 Å². The normalized spacial score (nSPS) is 52.4. The van der Waals surface area contributed by atoms with E-state index in [0.717, 1.165) is 41.0 Å². The zero-order valence-electron chi connectivity index (χ0n) is 21.7. The quantitative estimate of drug-likeness (QED) is 0.277. The van der Waals surface area contributed by atoms with E-state index in [9.17, 15) is 5.11 Å². The van der Waals surface area contributed by atoms with Gasteiger partial charge in [-0.15, -0.1) is 0 Å². The van der Waals surface area contributed by atoms with Gasteiger partial charge >= 0.3 is 0 Å². The molecule has 6 aliphatic rings. The number of halogens is 1. The van der Waals surface area contributed by atoms with Crippen LogP contribution in [0.25, 0.3) is 0 Å². The van der Waals surface area contributed by atoms with E-state index in [4.69, 9.17) is 4.74 Å². The Kier molecular flexibility index (Phi) is 6.04. The number of ether oxygens (including phenoxy) is 1. The molecule has 10 atom stereocenters. The Morgan fingerprint density at radius 1 is 1.12 bits per heavy atom. The summed E-state index contributed by atoms with van der Waals surface area (Å²) in [6.07, 6.45) is 12.2. The molecule has 186 valence electrons. The Hall–Kier alpha value is 0.0900. The average molecular weight is 568 g/mol. The van der Waals surface area contributed by atoms with Gasteiger partial charge in [0.05, 0.1) is 32.3 Å². The Morgan fingerprint density at radius 3 is 2.64 bits per heavy atom. The third kappa shape index (κ3) is 3.35. The highest BCUT2D eigenvalue weighted by molar-refractivity contribution is 5.38. The van der Waals surface area contributed by atoms with Gasteiger partial charge in [0.2, 0.25) is 0 Å². The van der Waals surface area contributed by atoms with Crippen molar-refractivity contribution in [1.82, 2.24) is 0 Å². The smallest absolute Gasteiger partial charge is 0.121 e. The number of quaternary nitrogens is 1. The van der Waals surface area contributed by atoms with Crippen molar-refractivity contribution in [2.45, 2.75) is 103 Å². The number of hydrogen-bond donors (Lipinski definition) is 1. The lowest BCUT2D eigenvalue weighted by atomic mass is 9.56. The summed E-state index contributed by atoms with van der Waals surface area (Å²) in [5.74, 6) is 3.70. The molecule has 0 unspecified atom stereocenters. The molecule has 2 aliphatic heterocycles. The van der Waals surface area contributed by atoms with Crippen molar-refractivity contribution in [3.63, 3.8) is 0 Å². The number of aliphatic hydroxyl groups excluding tert-OH is 1. The second kappa shape index (κ2) is 8.05. The highest BCUT2D eigenvalue weighted by Crippen LogP contribution is 2.65. The van der Waals surface area contributed by atoms with Gasteiger partial charge in [-0.3, -0.25) is 0 Å². The summed E-state index contributed by atoms with van der Waals surface area (Å²) < 4.78 is 8.34. The Labute approximate surface area is 219 Å². The third-order valence-corrected chi connectivity index (χ3v) is 11.7. The molecule has 0 aromatic heterocycles.